The Morgan fingerprint density at radius 2 is 2.00 bits per heavy atom. The molecule has 0 aromatic heterocycles. The van der Waals surface area contributed by atoms with Crippen LogP contribution in [0, 0.1) is 5.92 Å². The molecule has 0 radical (unpaired) electrons. The van der Waals surface area contributed by atoms with E-state index in [1.807, 2.05) is 26.0 Å². The molecule has 86 valence electrons. The number of carbonyl (C=O) groups is 1. The molecule has 2 rings (SSSR count). The first-order valence-electron chi connectivity index (χ1n) is 5.67. The number of amides is 1. The van der Waals surface area contributed by atoms with Gasteiger partial charge in [-0.05, 0) is 43.9 Å². The third-order valence-corrected chi connectivity index (χ3v) is 2.88. The highest BCUT2D eigenvalue weighted by atomic mass is 16.3. The molecule has 0 saturated heterocycles. The van der Waals surface area contributed by atoms with Gasteiger partial charge in [-0.2, -0.15) is 0 Å². The molecule has 1 fully saturated rings. The molecule has 1 amide bonds. The van der Waals surface area contributed by atoms with Crippen LogP contribution in [-0.2, 0) is 4.79 Å². The Kier molecular flexibility index (Phi) is 2.86. The summed E-state index contributed by atoms with van der Waals surface area (Å²) in [7, 11) is 0. The highest BCUT2D eigenvalue weighted by Crippen LogP contribution is 2.47. The number of phenolic OH excluding ortho intramolecular Hbond substituents is 1. The van der Waals surface area contributed by atoms with Gasteiger partial charge in [0.1, 0.15) is 5.75 Å². The van der Waals surface area contributed by atoms with Crippen molar-refractivity contribution in [2.45, 2.75) is 32.2 Å². The van der Waals surface area contributed by atoms with Crippen molar-refractivity contribution in [3.05, 3.63) is 29.8 Å². The van der Waals surface area contributed by atoms with Crippen molar-refractivity contribution in [1.82, 2.24) is 5.32 Å². The van der Waals surface area contributed by atoms with E-state index in [-0.39, 0.29) is 23.6 Å². The van der Waals surface area contributed by atoms with Crippen molar-refractivity contribution in [2.24, 2.45) is 5.92 Å². The Morgan fingerprint density at radius 1 is 1.38 bits per heavy atom. The summed E-state index contributed by atoms with van der Waals surface area (Å²) in [6.45, 7) is 3.94. The highest BCUT2D eigenvalue weighted by molar-refractivity contribution is 5.83. The summed E-state index contributed by atoms with van der Waals surface area (Å²) < 4.78 is 0. The lowest BCUT2D eigenvalue weighted by atomic mass is 10.1. The standard InChI is InChI=1S/C13H17NO2/c1-8(2)14-13(16)12-7-11(12)9-3-5-10(15)6-4-9/h3-6,8,11-12,15H,7H2,1-2H3,(H,14,16). The highest BCUT2D eigenvalue weighted by Gasteiger charge is 2.43. The maximum Gasteiger partial charge on any atom is 0.223 e. The minimum Gasteiger partial charge on any atom is -0.508 e. The van der Waals surface area contributed by atoms with Crippen LogP contribution in [0.1, 0.15) is 31.7 Å². The van der Waals surface area contributed by atoms with Crippen LogP contribution in [0.4, 0.5) is 0 Å². The third-order valence-electron chi connectivity index (χ3n) is 2.88. The minimum absolute atomic E-state index is 0.118. The summed E-state index contributed by atoms with van der Waals surface area (Å²) in [5.74, 6) is 0.868. The lowest BCUT2D eigenvalue weighted by molar-refractivity contribution is -0.122. The van der Waals surface area contributed by atoms with Gasteiger partial charge in [0.25, 0.3) is 0 Å². The molecule has 2 unspecified atom stereocenters. The van der Waals surface area contributed by atoms with E-state index in [0.717, 1.165) is 12.0 Å². The van der Waals surface area contributed by atoms with Gasteiger partial charge in [0, 0.05) is 12.0 Å². The van der Waals surface area contributed by atoms with Crippen molar-refractivity contribution in [3.63, 3.8) is 0 Å². The van der Waals surface area contributed by atoms with Gasteiger partial charge in [-0.3, -0.25) is 4.79 Å². The van der Waals surface area contributed by atoms with E-state index >= 15 is 0 Å². The molecule has 0 heterocycles. The average Bonchev–Trinajstić information content (AvgIpc) is 2.97. The molecular weight excluding hydrogens is 202 g/mol. The summed E-state index contributed by atoms with van der Waals surface area (Å²) >= 11 is 0. The van der Waals surface area contributed by atoms with Gasteiger partial charge < -0.3 is 10.4 Å². The fourth-order valence-corrected chi connectivity index (χ4v) is 1.97. The number of hydrogen-bond acceptors (Lipinski definition) is 2. The summed E-state index contributed by atoms with van der Waals surface area (Å²) in [4.78, 5) is 11.7. The SMILES string of the molecule is CC(C)NC(=O)C1CC1c1ccc(O)cc1. The molecule has 2 N–H and O–H groups in total. The van der Waals surface area contributed by atoms with Gasteiger partial charge >= 0.3 is 0 Å². The van der Waals surface area contributed by atoms with E-state index in [1.54, 1.807) is 12.1 Å². The molecule has 1 aliphatic carbocycles. The Labute approximate surface area is 95.5 Å². The first-order valence-corrected chi connectivity index (χ1v) is 5.67. The molecule has 3 nitrogen and oxygen atoms in total. The van der Waals surface area contributed by atoms with Gasteiger partial charge in [0.2, 0.25) is 5.91 Å². The molecule has 0 bridgehead atoms. The van der Waals surface area contributed by atoms with Gasteiger partial charge in [-0.25, -0.2) is 0 Å². The van der Waals surface area contributed by atoms with Gasteiger partial charge in [-0.1, -0.05) is 12.1 Å². The second kappa shape index (κ2) is 4.16. The fourth-order valence-electron chi connectivity index (χ4n) is 1.97. The normalized spacial score (nSPS) is 23.2. The van der Waals surface area contributed by atoms with Crippen LogP contribution < -0.4 is 5.32 Å². The minimum atomic E-state index is 0.118. The molecule has 1 aromatic rings. The van der Waals surface area contributed by atoms with Crippen LogP contribution in [0.3, 0.4) is 0 Å². The summed E-state index contributed by atoms with van der Waals surface area (Å²) in [5, 5.41) is 12.1. The van der Waals surface area contributed by atoms with E-state index in [0.29, 0.717) is 5.92 Å². The Bertz CT molecular complexity index is 383. The summed E-state index contributed by atoms with van der Waals surface area (Å²) in [6, 6.07) is 7.33. The third kappa shape index (κ3) is 2.35. The molecule has 0 spiro atoms. The first kappa shape index (κ1) is 11.0. The number of hydrogen-bond donors (Lipinski definition) is 2. The number of nitrogens with one attached hydrogen (secondary N) is 1. The van der Waals surface area contributed by atoms with Gasteiger partial charge in [-0.15, -0.1) is 0 Å². The summed E-state index contributed by atoms with van der Waals surface area (Å²) in [6.07, 6.45) is 0.920. The van der Waals surface area contributed by atoms with E-state index in [1.165, 1.54) is 0 Å². The zero-order valence-electron chi connectivity index (χ0n) is 9.60. The average molecular weight is 219 g/mol. The Morgan fingerprint density at radius 3 is 2.56 bits per heavy atom. The van der Waals surface area contributed by atoms with Crippen LogP contribution in [0.5, 0.6) is 5.75 Å². The number of carbonyl (C=O) groups excluding carboxylic acids is 1. The zero-order valence-corrected chi connectivity index (χ0v) is 9.60. The molecular formula is C13H17NO2. The molecule has 1 aromatic carbocycles. The quantitative estimate of drug-likeness (QED) is 0.817. The largest absolute Gasteiger partial charge is 0.508 e. The maximum atomic E-state index is 11.7. The molecule has 16 heavy (non-hydrogen) atoms. The number of phenols is 1. The maximum absolute atomic E-state index is 11.7. The number of benzene rings is 1. The van der Waals surface area contributed by atoms with Gasteiger partial charge in [0.05, 0.1) is 0 Å². The lowest BCUT2D eigenvalue weighted by Crippen LogP contribution is -2.31. The zero-order chi connectivity index (χ0) is 11.7. The van der Waals surface area contributed by atoms with E-state index in [4.69, 9.17) is 0 Å². The van der Waals surface area contributed by atoms with Gasteiger partial charge in [0.15, 0.2) is 0 Å². The van der Waals surface area contributed by atoms with Crippen molar-refractivity contribution < 1.29 is 9.90 Å². The van der Waals surface area contributed by atoms with Crippen LogP contribution in [-0.4, -0.2) is 17.1 Å². The van der Waals surface area contributed by atoms with Crippen molar-refractivity contribution in [1.29, 1.82) is 0 Å². The topological polar surface area (TPSA) is 49.3 Å². The Hall–Kier alpha value is -1.51. The number of rotatable bonds is 3. The molecule has 1 aliphatic rings. The van der Waals surface area contributed by atoms with Crippen molar-refractivity contribution in [2.75, 3.05) is 0 Å². The molecule has 2 atom stereocenters. The summed E-state index contributed by atoms with van der Waals surface area (Å²) in [5.41, 5.74) is 1.14. The van der Waals surface area contributed by atoms with Crippen molar-refractivity contribution >= 4 is 5.91 Å². The van der Waals surface area contributed by atoms with E-state index in [2.05, 4.69) is 5.32 Å². The second-order valence-electron chi connectivity index (χ2n) is 4.70. The van der Waals surface area contributed by atoms with Crippen LogP contribution in [0.2, 0.25) is 0 Å². The van der Waals surface area contributed by atoms with Crippen LogP contribution in [0.25, 0.3) is 0 Å². The monoisotopic (exact) mass is 219 g/mol. The lowest BCUT2D eigenvalue weighted by Gasteiger charge is -2.07. The smallest absolute Gasteiger partial charge is 0.223 e. The second-order valence-corrected chi connectivity index (χ2v) is 4.70. The predicted molar refractivity (Wildman–Crippen MR) is 62.2 cm³/mol. The van der Waals surface area contributed by atoms with Crippen molar-refractivity contribution in [3.8, 4) is 5.75 Å². The molecule has 3 heteroatoms. The fraction of sp³-hybridized carbons (Fsp3) is 0.462. The predicted octanol–water partition coefficient (Wildman–Crippen LogP) is 2.02. The van der Waals surface area contributed by atoms with E-state index in [9.17, 15) is 9.90 Å². The molecule has 1 saturated carbocycles. The molecule has 0 aliphatic heterocycles. The first-order chi connectivity index (χ1) is 7.58. The van der Waals surface area contributed by atoms with Crippen LogP contribution >= 0.6 is 0 Å². The van der Waals surface area contributed by atoms with E-state index < -0.39 is 0 Å². The number of aromatic hydroxyl groups is 1. The Balaban J connectivity index is 1.96. The van der Waals surface area contributed by atoms with Crippen LogP contribution in [0.15, 0.2) is 24.3 Å².